The van der Waals surface area contributed by atoms with Gasteiger partial charge in [0.25, 0.3) is 0 Å². The number of ether oxygens (including phenoxy) is 1. The van der Waals surface area contributed by atoms with E-state index in [1.54, 1.807) is 0 Å². The maximum Gasteiger partial charge on any atom is 0.323 e. The zero-order valence-electron chi connectivity index (χ0n) is 6.79. The number of rotatable bonds is 2. The first-order valence-corrected chi connectivity index (χ1v) is 3.43. The molecule has 1 atom stereocenters. The lowest BCUT2D eigenvalue weighted by atomic mass is 10.0. The van der Waals surface area contributed by atoms with Crippen LogP contribution in [0, 0.1) is 5.41 Å². The van der Waals surface area contributed by atoms with E-state index >= 15 is 0 Å². The van der Waals surface area contributed by atoms with Gasteiger partial charge in [-0.25, -0.2) is 0 Å². The summed E-state index contributed by atoms with van der Waals surface area (Å²) in [7, 11) is 1.37. The summed E-state index contributed by atoms with van der Waals surface area (Å²) in [5, 5.41) is 0. The second-order valence-corrected chi connectivity index (χ2v) is 3.15. The molecule has 0 radical (unpaired) electrons. The fourth-order valence-electron chi connectivity index (χ4n) is 0.920. The van der Waals surface area contributed by atoms with Crippen molar-refractivity contribution in [1.82, 2.24) is 0 Å². The monoisotopic (exact) mass is 179 g/mol. The van der Waals surface area contributed by atoms with Crippen LogP contribution in [0.5, 0.6) is 0 Å². The molecule has 66 valence electrons. The van der Waals surface area contributed by atoms with E-state index in [0.29, 0.717) is 0 Å². The van der Waals surface area contributed by atoms with Crippen LogP contribution in [0.3, 0.4) is 0 Å². The third-order valence-electron chi connectivity index (χ3n) is 2.24. The Morgan fingerprint density at radius 3 is 2.36 bits per heavy atom. The van der Waals surface area contributed by atoms with Crippen LogP contribution in [0.15, 0.2) is 0 Å². The first kappa shape index (κ1) is 10.7. The van der Waals surface area contributed by atoms with E-state index in [9.17, 15) is 4.79 Å². The summed E-state index contributed by atoms with van der Waals surface area (Å²) in [6.45, 7) is 2.01. The van der Waals surface area contributed by atoms with Crippen LogP contribution in [0.2, 0.25) is 0 Å². The molecule has 0 aliphatic heterocycles. The van der Waals surface area contributed by atoms with Crippen LogP contribution in [-0.4, -0.2) is 19.1 Å². The molecule has 1 fully saturated rings. The van der Waals surface area contributed by atoms with E-state index in [-0.39, 0.29) is 23.8 Å². The average Bonchev–Trinajstić information content (AvgIpc) is 2.66. The molecule has 1 aliphatic carbocycles. The van der Waals surface area contributed by atoms with Crippen molar-refractivity contribution < 1.29 is 9.53 Å². The Morgan fingerprint density at radius 1 is 1.64 bits per heavy atom. The Balaban J connectivity index is 0.000001000. The number of carbonyl (C=O) groups is 1. The van der Waals surface area contributed by atoms with Gasteiger partial charge in [0.2, 0.25) is 0 Å². The minimum Gasteiger partial charge on any atom is -0.468 e. The molecule has 2 N–H and O–H groups in total. The first-order chi connectivity index (χ1) is 4.60. The van der Waals surface area contributed by atoms with E-state index < -0.39 is 6.04 Å². The number of carbonyl (C=O) groups excluding carboxylic acids is 1. The minimum absolute atomic E-state index is 0. The summed E-state index contributed by atoms with van der Waals surface area (Å²) in [6, 6.07) is -0.419. The smallest absolute Gasteiger partial charge is 0.323 e. The number of methoxy groups -OCH3 is 1. The Bertz CT molecular complexity index is 157. The third kappa shape index (κ3) is 2.07. The molecule has 0 amide bonds. The van der Waals surface area contributed by atoms with Gasteiger partial charge < -0.3 is 10.5 Å². The minimum atomic E-state index is -0.419. The maximum atomic E-state index is 10.9. The lowest BCUT2D eigenvalue weighted by Crippen LogP contribution is -2.38. The van der Waals surface area contributed by atoms with Gasteiger partial charge in [0.1, 0.15) is 6.04 Å². The normalized spacial score (nSPS) is 21.4. The molecule has 0 heterocycles. The van der Waals surface area contributed by atoms with E-state index in [1.165, 1.54) is 7.11 Å². The molecule has 0 aromatic heterocycles. The highest BCUT2D eigenvalue weighted by atomic mass is 35.5. The van der Waals surface area contributed by atoms with Crippen molar-refractivity contribution in [1.29, 1.82) is 0 Å². The summed E-state index contributed by atoms with van der Waals surface area (Å²) in [5.74, 6) is -0.292. The number of hydrogen-bond donors (Lipinski definition) is 1. The zero-order chi connectivity index (χ0) is 7.78. The largest absolute Gasteiger partial charge is 0.468 e. The van der Waals surface area contributed by atoms with E-state index in [4.69, 9.17) is 5.73 Å². The topological polar surface area (TPSA) is 52.3 Å². The average molecular weight is 180 g/mol. The SMILES string of the molecule is COC(=O)C(N)C1(C)CC1.Cl. The number of esters is 1. The van der Waals surface area contributed by atoms with Gasteiger partial charge in [-0.1, -0.05) is 6.92 Å². The molecule has 0 bridgehead atoms. The van der Waals surface area contributed by atoms with Crippen molar-refractivity contribution >= 4 is 18.4 Å². The highest BCUT2D eigenvalue weighted by Gasteiger charge is 2.46. The molecule has 1 aliphatic rings. The fraction of sp³-hybridized carbons (Fsp3) is 0.857. The van der Waals surface area contributed by atoms with E-state index in [1.807, 2.05) is 6.92 Å². The van der Waals surface area contributed by atoms with Crippen LogP contribution in [0.4, 0.5) is 0 Å². The van der Waals surface area contributed by atoms with Crippen molar-refractivity contribution in [2.45, 2.75) is 25.8 Å². The van der Waals surface area contributed by atoms with Crippen LogP contribution in [0.1, 0.15) is 19.8 Å². The lowest BCUT2D eigenvalue weighted by molar-refractivity contribution is -0.143. The Labute approximate surface area is 72.7 Å². The quantitative estimate of drug-likeness (QED) is 0.636. The predicted octanol–water partition coefficient (Wildman–Crippen LogP) is 0.709. The molecule has 0 spiro atoms. The van der Waals surface area contributed by atoms with E-state index in [2.05, 4.69) is 4.74 Å². The summed E-state index contributed by atoms with van der Waals surface area (Å²) < 4.78 is 4.51. The van der Waals surface area contributed by atoms with Crippen molar-refractivity contribution in [3.63, 3.8) is 0 Å². The summed E-state index contributed by atoms with van der Waals surface area (Å²) in [5.41, 5.74) is 5.63. The fourth-order valence-corrected chi connectivity index (χ4v) is 0.920. The standard InChI is InChI=1S/C7H13NO2.ClH/c1-7(3-4-7)5(8)6(9)10-2;/h5H,3-4,8H2,1-2H3;1H. The molecular weight excluding hydrogens is 166 g/mol. The Kier molecular flexibility index (Phi) is 3.32. The van der Waals surface area contributed by atoms with Gasteiger partial charge in [0.15, 0.2) is 0 Å². The number of halogens is 1. The predicted molar refractivity (Wildman–Crippen MR) is 44.6 cm³/mol. The molecule has 0 aromatic rings. The Morgan fingerprint density at radius 2 is 2.09 bits per heavy atom. The molecule has 0 saturated heterocycles. The molecule has 1 saturated carbocycles. The highest BCUT2D eigenvalue weighted by molar-refractivity contribution is 5.85. The molecule has 3 nitrogen and oxygen atoms in total. The second kappa shape index (κ2) is 3.41. The van der Waals surface area contributed by atoms with Crippen molar-refractivity contribution in [3.05, 3.63) is 0 Å². The third-order valence-corrected chi connectivity index (χ3v) is 2.24. The van der Waals surface area contributed by atoms with Gasteiger partial charge in [-0.3, -0.25) is 4.79 Å². The van der Waals surface area contributed by atoms with Crippen LogP contribution < -0.4 is 5.73 Å². The highest BCUT2D eigenvalue weighted by Crippen LogP contribution is 2.47. The lowest BCUT2D eigenvalue weighted by Gasteiger charge is -2.14. The molecule has 11 heavy (non-hydrogen) atoms. The van der Waals surface area contributed by atoms with Crippen molar-refractivity contribution in [2.24, 2.45) is 11.1 Å². The van der Waals surface area contributed by atoms with Crippen LogP contribution >= 0.6 is 12.4 Å². The van der Waals surface area contributed by atoms with E-state index in [0.717, 1.165) is 12.8 Å². The van der Waals surface area contributed by atoms with Crippen molar-refractivity contribution in [2.75, 3.05) is 7.11 Å². The second-order valence-electron chi connectivity index (χ2n) is 3.15. The van der Waals surface area contributed by atoms with Gasteiger partial charge in [0.05, 0.1) is 7.11 Å². The van der Waals surface area contributed by atoms with Gasteiger partial charge in [-0.05, 0) is 18.3 Å². The molecule has 4 heteroatoms. The molecule has 1 unspecified atom stereocenters. The maximum absolute atomic E-state index is 10.9. The van der Waals surface area contributed by atoms with Gasteiger partial charge in [0, 0.05) is 0 Å². The summed E-state index contributed by atoms with van der Waals surface area (Å²) in [4.78, 5) is 10.9. The van der Waals surface area contributed by atoms with Crippen LogP contribution in [-0.2, 0) is 9.53 Å². The summed E-state index contributed by atoms with van der Waals surface area (Å²) >= 11 is 0. The van der Waals surface area contributed by atoms with Gasteiger partial charge >= 0.3 is 5.97 Å². The summed E-state index contributed by atoms with van der Waals surface area (Å²) in [6.07, 6.45) is 2.09. The molecular formula is C7H14ClNO2. The number of hydrogen-bond acceptors (Lipinski definition) is 3. The van der Waals surface area contributed by atoms with Gasteiger partial charge in [-0.2, -0.15) is 0 Å². The number of nitrogens with two attached hydrogens (primary N) is 1. The van der Waals surface area contributed by atoms with Crippen LogP contribution in [0.25, 0.3) is 0 Å². The first-order valence-electron chi connectivity index (χ1n) is 3.43. The van der Waals surface area contributed by atoms with Gasteiger partial charge in [-0.15, -0.1) is 12.4 Å². The zero-order valence-corrected chi connectivity index (χ0v) is 7.61. The Hall–Kier alpha value is -0.280. The molecule has 0 aromatic carbocycles. The van der Waals surface area contributed by atoms with Crippen molar-refractivity contribution in [3.8, 4) is 0 Å². The molecule has 1 rings (SSSR count).